The molecule has 178 valence electrons. The highest BCUT2D eigenvalue weighted by atomic mass is 127. The Morgan fingerprint density at radius 1 is 1.06 bits per heavy atom. The van der Waals surface area contributed by atoms with E-state index in [9.17, 15) is 4.79 Å². The number of para-hydroxylation sites is 1. The molecular formula is C22H40IN5O3. The van der Waals surface area contributed by atoms with Crippen LogP contribution in [0.25, 0.3) is 0 Å². The number of guanidine groups is 1. The first-order valence-electron chi connectivity index (χ1n) is 10.6. The van der Waals surface area contributed by atoms with Gasteiger partial charge >= 0.3 is 6.09 Å². The van der Waals surface area contributed by atoms with E-state index in [1.807, 2.05) is 45.0 Å². The van der Waals surface area contributed by atoms with E-state index < -0.39 is 11.7 Å². The van der Waals surface area contributed by atoms with E-state index in [4.69, 9.17) is 9.47 Å². The minimum atomic E-state index is -0.504. The summed E-state index contributed by atoms with van der Waals surface area (Å²) in [6.07, 6.45) is -0.428. The van der Waals surface area contributed by atoms with E-state index in [1.54, 1.807) is 7.05 Å². The van der Waals surface area contributed by atoms with Gasteiger partial charge in [-0.05, 0) is 39.9 Å². The van der Waals surface area contributed by atoms with Crippen molar-refractivity contribution in [3.05, 3.63) is 29.8 Å². The fraction of sp³-hybridized carbons (Fsp3) is 0.636. The van der Waals surface area contributed by atoms with Gasteiger partial charge in [0.05, 0.1) is 0 Å². The number of carbonyl (C=O) groups is 1. The maximum absolute atomic E-state index is 11.7. The maximum atomic E-state index is 11.7. The van der Waals surface area contributed by atoms with Crippen LogP contribution in [-0.2, 0) is 11.3 Å². The van der Waals surface area contributed by atoms with Gasteiger partial charge in [-0.25, -0.2) is 4.79 Å². The largest absolute Gasteiger partial charge is 0.492 e. The lowest BCUT2D eigenvalue weighted by molar-refractivity contribution is 0.0529. The number of halogens is 1. The zero-order valence-corrected chi connectivity index (χ0v) is 22.1. The van der Waals surface area contributed by atoms with Gasteiger partial charge in [0.15, 0.2) is 5.96 Å². The standard InChI is InChI=1S/C22H39N5O3.HI/c1-7-27(8-2)15-16-29-19-12-10-9-11-18(19)17-26-20(23-6)24-13-14-25-21(28)30-22(3,4)5;/h9-12H,7-8,13-17H2,1-6H3,(H,25,28)(H2,23,24,26);1H. The van der Waals surface area contributed by atoms with E-state index in [2.05, 4.69) is 39.7 Å². The summed E-state index contributed by atoms with van der Waals surface area (Å²) >= 11 is 0. The summed E-state index contributed by atoms with van der Waals surface area (Å²) in [4.78, 5) is 18.2. The van der Waals surface area contributed by atoms with Crippen molar-refractivity contribution in [2.45, 2.75) is 46.8 Å². The molecule has 0 saturated carbocycles. The summed E-state index contributed by atoms with van der Waals surface area (Å²) in [6, 6.07) is 8.00. The summed E-state index contributed by atoms with van der Waals surface area (Å²) in [5.41, 5.74) is 0.558. The highest BCUT2D eigenvalue weighted by molar-refractivity contribution is 14.0. The normalized spacial score (nSPS) is 11.5. The SMILES string of the molecule is CCN(CC)CCOc1ccccc1CNC(=NC)NCCNC(=O)OC(C)(C)C.I. The van der Waals surface area contributed by atoms with Crippen molar-refractivity contribution in [1.29, 1.82) is 0 Å². The summed E-state index contributed by atoms with van der Waals surface area (Å²) in [5, 5.41) is 9.16. The Kier molecular flexibility index (Phi) is 15.1. The van der Waals surface area contributed by atoms with Gasteiger partial charge in [-0.1, -0.05) is 32.0 Å². The second kappa shape index (κ2) is 16.0. The van der Waals surface area contributed by atoms with Gasteiger partial charge in [0.1, 0.15) is 18.0 Å². The van der Waals surface area contributed by atoms with E-state index in [0.29, 0.717) is 32.2 Å². The molecule has 0 unspecified atom stereocenters. The molecule has 0 saturated heterocycles. The molecule has 0 aliphatic rings. The van der Waals surface area contributed by atoms with Gasteiger partial charge in [-0.3, -0.25) is 4.99 Å². The predicted molar refractivity (Wildman–Crippen MR) is 138 cm³/mol. The first-order valence-corrected chi connectivity index (χ1v) is 10.6. The number of carbonyl (C=O) groups excluding carboxylic acids is 1. The number of alkyl carbamates (subject to hydrolysis) is 1. The number of benzene rings is 1. The van der Waals surface area contributed by atoms with E-state index in [1.165, 1.54) is 0 Å². The molecule has 0 heterocycles. The number of aliphatic imine (C=N–C) groups is 1. The molecule has 1 aromatic carbocycles. The Hall–Kier alpha value is -1.75. The minimum absolute atomic E-state index is 0. The number of nitrogens with zero attached hydrogens (tertiary/aromatic N) is 2. The Balaban J connectivity index is 0.00000900. The summed E-state index contributed by atoms with van der Waals surface area (Å²) < 4.78 is 11.2. The highest BCUT2D eigenvalue weighted by Gasteiger charge is 2.15. The Morgan fingerprint density at radius 3 is 2.32 bits per heavy atom. The lowest BCUT2D eigenvalue weighted by atomic mass is 10.2. The van der Waals surface area contributed by atoms with Crippen LogP contribution in [0.15, 0.2) is 29.3 Å². The smallest absolute Gasteiger partial charge is 0.407 e. The zero-order valence-electron chi connectivity index (χ0n) is 19.8. The van der Waals surface area contributed by atoms with Crippen LogP contribution in [0, 0.1) is 0 Å². The molecule has 3 N–H and O–H groups in total. The molecule has 1 rings (SSSR count). The number of amides is 1. The highest BCUT2D eigenvalue weighted by Crippen LogP contribution is 2.17. The number of hydrogen-bond acceptors (Lipinski definition) is 5. The fourth-order valence-electron chi connectivity index (χ4n) is 2.67. The molecule has 0 radical (unpaired) electrons. The third-order valence-corrected chi connectivity index (χ3v) is 4.29. The molecule has 0 aliphatic carbocycles. The molecule has 31 heavy (non-hydrogen) atoms. The second-order valence-electron chi connectivity index (χ2n) is 7.76. The van der Waals surface area contributed by atoms with Gasteiger partial charge in [-0.2, -0.15) is 0 Å². The van der Waals surface area contributed by atoms with Crippen LogP contribution in [0.1, 0.15) is 40.2 Å². The molecule has 0 spiro atoms. The minimum Gasteiger partial charge on any atom is -0.492 e. The fourth-order valence-corrected chi connectivity index (χ4v) is 2.67. The molecule has 9 heteroatoms. The van der Waals surface area contributed by atoms with Crippen molar-refractivity contribution >= 4 is 36.0 Å². The predicted octanol–water partition coefficient (Wildman–Crippen LogP) is 3.21. The first kappa shape index (κ1) is 29.2. The van der Waals surface area contributed by atoms with Crippen molar-refractivity contribution in [1.82, 2.24) is 20.9 Å². The Morgan fingerprint density at radius 2 is 1.71 bits per heavy atom. The van der Waals surface area contributed by atoms with E-state index >= 15 is 0 Å². The maximum Gasteiger partial charge on any atom is 0.407 e. The van der Waals surface area contributed by atoms with Crippen LogP contribution >= 0.6 is 24.0 Å². The van der Waals surface area contributed by atoms with Crippen LogP contribution in [0.3, 0.4) is 0 Å². The van der Waals surface area contributed by atoms with Gasteiger partial charge in [-0.15, -0.1) is 24.0 Å². The molecule has 0 aliphatic heterocycles. The van der Waals surface area contributed by atoms with Gasteiger partial charge in [0, 0.05) is 38.8 Å². The van der Waals surface area contributed by atoms with Gasteiger partial charge < -0.3 is 30.3 Å². The topological polar surface area (TPSA) is 87.2 Å². The van der Waals surface area contributed by atoms with Gasteiger partial charge in [0.2, 0.25) is 0 Å². The van der Waals surface area contributed by atoms with Crippen LogP contribution in [0.2, 0.25) is 0 Å². The summed E-state index contributed by atoms with van der Waals surface area (Å²) in [6.45, 7) is 15.0. The van der Waals surface area contributed by atoms with Crippen LogP contribution in [0.5, 0.6) is 5.75 Å². The average molecular weight is 549 g/mol. The van der Waals surface area contributed by atoms with Crippen molar-refractivity contribution < 1.29 is 14.3 Å². The summed E-state index contributed by atoms with van der Waals surface area (Å²) in [5.74, 6) is 1.53. The van der Waals surface area contributed by atoms with Crippen molar-refractivity contribution in [2.75, 3.05) is 46.4 Å². The number of nitrogens with one attached hydrogen (secondary N) is 3. The lowest BCUT2D eigenvalue weighted by Crippen LogP contribution is -2.42. The van der Waals surface area contributed by atoms with E-state index in [-0.39, 0.29) is 24.0 Å². The first-order chi connectivity index (χ1) is 14.3. The number of ether oxygens (including phenoxy) is 2. The van der Waals surface area contributed by atoms with Crippen LogP contribution < -0.4 is 20.7 Å². The molecule has 0 atom stereocenters. The molecular weight excluding hydrogens is 509 g/mol. The van der Waals surface area contributed by atoms with Crippen molar-refractivity contribution in [3.63, 3.8) is 0 Å². The molecule has 0 aromatic heterocycles. The lowest BCUT2D eigenvalue weighted by Gasteiger charge is -2.20. The Bertz CT molecular complexity index is 661. The number of likely N-dealkylation sites (N-methyl/N-ethyl adjacent to an activating group) is 1. The monoisotopic (exact) mass is 549 g/mol. The van der Waals surface area contributed by atoms with Crippen LogP contribution in [0.4, 0.5) is 4.79 Å². The quantitative estimate of drug-likeness (QED) is 0.170. The molecule has 1 aromatic rings. The molecule has 1 amide bonds. The number of hydrogen-bond donors (Lipinski definition) is 3. The van der Waals surface area contributed by atoms with Crippen LogP contribution in [-0.4, -0.2) is 68.9 Å². The van der Waals surface area contributed by atoms with E-state index in [0.717, 1.165) is 30.9 Å². The number of rotatable bonds is 11. The second-order valence-corrected chi connectivity index (χ2v) is 7.76. The summed E-state index contributed by atoms with van der Waals surface area (Å²) in [7, 11) is 1.71. The molecule has 0 fully saturated rings. The van der Waals surface area contributed by atoms with Gasteiger partial charge in [0.25, 0.3) is 0 Å². The third kappa shape index (κ3) is 13.3. The Labute approximate surface area is 204 Å². The molecule has 0 bridgehead atoms. The zero-order chi connectivity index (χ0) is 22.4. The average Bonchev–Trinajstić information content (AvgIpc) is 2.70. The van der Waals surface area contributed by atoms with Crippen molar-refractivity contribution in [2.24, 2.45) is 4.99 Å². The molecule has 8 nitrogen and oxygen atoms in total. The third-order valence-electron chi connectivity index (χ3n) is 4.29. The van der Waals surface area contributed by atoms with Crippen molar-refractivity contribution in [3.8, 4) is 5.75 Å².